The summed E-state index contributed by atoms with van der Waals surface area (Å²) in [6, 6.07) is 8.31. The number of amides is 1. The molecule has 0 heterocycles. The maximum Gasteiger partial charge on any atom is 0.233 e. The highest BCUT2D eigenvalue weighted by Crippen LogP contribution is 2.15. The van der Waals surface area contributed by atoms with Gasteiger partial charge in [-0.05, 0) is 18.4 Å². The third kappa shape index (κ3) is 4.64. The van der Waals surface area contributed by atoms with E-state index in [4.69, 9.17) is 5.73 Å². The van der Waals surface area contributed by atoms with Crippen molar-refractivity contribution in [3.05, 3.63) is 35.4 Å². The Bertz CT molecular complexity index is 342. The van der Waals surface area contributed by atoms with Gasteiger partial charge in [-0.2, -0.15) is 0 Å². The Labute approximate surface area is 103 Å². The first kappa shape index (κ1) is 14.9. The highest BCUT2D eigenvalue weighted by molar-refractivity contribution is 5.85. The summed E-state index contributed by atoms with van der Waals surface area (Å²) in [7, 11) is 0. The first-order valence-electron chi connectivity index (χ1n) is 5.17. The lowest BCUT2D eigenvalue weighted by Crippen LogP contribution is -2.32. The number of carbonyl (C=O) groups excluding carboxylic acids is 1. The number of nitrogens with two attached hydrogens (primary N) is 1. The predicted octanol–water partition coefficient (Wildman–Crippen LogP) is 1.60. The van der Waals surface area contributed by atoms with Gasteiger partial charge < -0.3 is 11.1 Å². The number of benzene rings is 1. The van der Waals surface area contributed by atoms with Crippen molar-refractivity contribution in [2.24, 2.45) is 5.73 Å². The number of carbonyl (C=O) groups is 1. The molecule has 16 heavy (non-hydrogen) atoms. The zero-order valence-electron chi connectivity index (χ0n) is 9.69. The molecule has 1 aromatic rings. The average Bonchev–Trinajstić information content (AvgIpc) is 2.25. The molecule has 0 spiro atoms. The minimum atomic E-state index is -0.102. The molecule has 0 fully saturated rings. The summed E-state index contributed by atoms with van der Waals surface area (Å²) in [5.41, 5.74) is 7.69. The van der Waals surface area contributed by atoms with E-state index in [0.29, 0.717) is 12.5 Å². The third-order valence-corrected chi connectivity index (χ3v) is 2.40. The van der Waals surface area contributed by atoms with Gasteiger partial charge in [-0.15, -0.1) is 12.4 Å². The van der Waals surface area contributed by atoms with Crippen LogP contribution in [0, 0.1) is 6.92 Å². The van der Waals surface area contributed by atoms with Crippen LogP contribution in [0.3, 0.4) is 0 Å². The molecule has 1 aromatic carbocycles. The highest BCUT2D eigenvalue weighted by Gasteiger charge is 2.06. The normalized spacial score (nSPS) is 11.4. The van der Waals surface area contributed by atoms with Crippen molar-refractivity contribution in [2.75, 3.05) is 13.1 Å². The maximum absolute atomic E-state index is 11.0. The molecule has 0 aliphatic rings. The molecule has 0 saturated carbocycles. The lowest BCUT2D eigenvalue weighted by atomic mass is 9.99. The Kier molecular flexibility index (Phi) is 6.77. The van der Waals surface area contributed by atoms with Crippen molar-refractivity contribution >= 4 is 18.3 Å². The monoisotopic (exact) mass is 242 g/mol. The lowest BCUT2D eigenvalue weighted by Gasteiger charge is -2.13. The minimum Gasteiger partial charge on any atom is -0.354 e. The van der Waals surface area contributed by atoms with Crippen LogP contribution in [-0.2, 0) is 4.79 Å². The lowest BCUT2D eigenvalue weighted by molar-refractivity contribution is -0.119. The minimum absolute atomic E-state index is 0. The Morgan fingerprint density at radius 1 is 1.50 bits per heavy atom. The molecule has 0 bridgehead atoms. The number of nitrogens with one attached hydrogen (secondary N) is 1. The van der Waals surface area contributed by atoms with E-state index in [-0.39, 0.29) is 24.9 Å². The van der Waals surface area contributed by atoms with Gasteiger partial charge in [0.1, 0.15) is 0 Å². The molecule has 0 aromatic heterocycles. The Hall–Kier alpha value is -1.06. The number of rotatable bonds is 4. The summed E-state index contributed by atoms with van der Waals surface area (Å²) in [5, 5.41) is 2.79. The van der Waals surface area contributed by atoms with Crippen molar-refractivity contribution in [1.82, 2.24) is 5.32 Å². The molecule has 1 unspecified atom stereocenters. The van der Waals surface area contributed by atoms with Crippen LogP contribution in [0.2, 0.25) is 0 Å². The first-order valence-corrected chi connectivity index (χ1v) is 5.17. The summed E-state index contributed by atoms with van der Waals surface area (Å²) in [6.45, 7) is 4.85. The van der Waals surface area contributed by atoms with E-state index in [9.17, 15) is 4.79 Å². The largest absolute Gasteiger partial charge is 0.354 e. The molecule has 3 nitrogen and oxygen atoms in total. The summed E-state index contributed by atoms with van der Waals surface area (Å²) in [6.07, 6.45) is 0. The molecule has 1 atom stereocenters. The van der Waals surface area contributed by atoms with Gasteiger partial charge in [0.25, 0.3) is 0 Å². The number of aryl methyl sites for hydroxylation is 1. The van der Waals surface area contributed by atoms with Crippen LogP contribution >= 0.6 is 12.4 Å². The van der Waals surface area contributed by atoms with Gasteiger partial charge >= 0.3 is 0 Å². The van der Waals surface area contributed by atoms with Crippen LogP contribution < -0.4 is 11.1 Å². The van der Waals surface area contributed by atoms with Gasteiger partial charge in [0.2, 0.25) is 5.91 Å². The summed E-state index contributed by atoms with van der Waals surface area (Å²) >= 11 is 0. The molecule has 0 aliphatic carbocycles. The number of hydrogen-bond donors (Lipinski definition) is 2. The van der Waals surface area contributed by atoms with Crippen LogP contribution in [-0.4, -0.2) is 19.0 Å². The van der Waals surface area contributed by atoms with Gasteiger partial charge in [0.15, 0.2) is 0 Å². The molecule has 0 radical (unpaired) electrons. The van der Waals surface area contributed by atoms with Gasteiger partial charge in [-0.3, -0.25) is 4.79 Å². The van der Waals surface area contributed by atoms with Crippen molar-refractivity contribution < 1.29 is 4.79 Å². The molecule has 4 heteroatoms. The van der Waals surface area contributed by atoms with Crippen LogP contribution in [0.1, 0.15) is 24.0 Å². The first-order chi connectivity index (χ1) is 7.13. The Morgan fingerprint density at radius 3 is 2.75 bits per heavy atom. The van der Waals surface area contributed by atoms with Gasteiger partial charge in [0.05, 0.1) is 6.54 Å². The second-order valence-corrected chi connectivity index (χ2v) is 3.82. The standard InChI is InChI=1S/C12H18N2O.ClH/c1-9-4-3-5-11(6-9)10(2)8-14-12(15)7-13;/h3-6,10H,7-8,13H2,1-2H3,(H,14,15);1H. The van der Waals surface area contributed by atoms with Crippen LogP contribution in [0.5, 0.6) is 0 Å². The molecule has 1 rings (SSSR count). The smallest absolute Gasteiger partial charge is 0.233 e. The maximum atomic E-state index is 11.0. The Balaban J connectivity index is 0.00000225. The summed E-state index contributed by atoms with van der Waals surface area (Å²) in [4.78, 5) is 11.0. The molecule has 1 amide bonds. The van der Waals surface area contributed by atoms with Crippen molar-refractivity contribution in [3.8, 4) is 0 Å². The number of halogens is 1. The molecular weight excluding hydrogens is 224 g/mol. The van der Waals surface area contributed by atoms with Gasteiger partial charge in [-0.25, -0.2) is 0 Å². The second-order valence-electron chi connectivity index (χ2n) is 3.82. The van der Waals surface area contributed by atoms with Crippen LogP contribution in [0.15, 0.2) is 24.3 Å². The van der Waals surface area contributed by atoms with E-state index in [1.165, 1.54) is 11.1 Å². The zero-order valence-corrected chi connectivity index (χ0v) is 10.5. The molecule has 90 valence electrons. The van der Waals surface area contributed by atoms with Gasteiger partial charge in [0, 0.05) is 6.54 Å². The highest BCUT2D eigenvalue weighted by atomic mass is 35.5. The predicted molar refractivity (Wildman–Crippen MR) is 68.9 cm³/mol. The average molecular weight is 243 g/mol. The SMILES string of the molecule is Cc1cccc(C(C)CNC(=O)CN)c1.Cl. The van der Waals surface area contributed by atoms with Crippen LogP contribution in [0.4, 0.5) is 0 Å². The van der Waals surface area contributed by atoms with E-state index in [1.54, 1.807) is 0 Å². The third-order valence-electron chi connectivity index (χ3n) is 2.40. The Morgan fingerprint density at radius 2 is 2.19 bits per heavy atom. The van der Waals surface area contributed by atoms with E-state index < -0.39 is 0 Å². The molecule has 0 aliphatic heterocycles. The van der Waals surface area contributed by atoms with E-state index in [2.05, 4.69) is 37.4 Å². The van der Waals surface area contributed by atoms with E-state index >= 15 is 0 Å². The molecule has 3 N–H and O–H groups in total. The fraction of sp³-hybridized carbons (Fsp3) is 0.417. The fourth-order valence-electron chi connectivity index (χ4n) is 1.43. The van der Waals surface area contributed by atoms with Crippen LogP contribution in [0.25, 0.3) is 0 Å². The molecule has 0 saturated heterocycles. The van der Waals surface area contributed by atoms with Crippen molar-refractivity contribution in [3.63, 3.8) is 0 Å². The van der Waals surface area contributed by atoms with Gasteiger partial charge in [-0.1, -0.05) is 36.8 Å². The summed E-state index contributed by atoms with van der Waals surface area (Å²) < 4.78 is 0. The van der Waals surface area contributed by atoms with Crippen molar-refractivity contribution in [2.45, 2.75) is 19.8 Å². The second kappa shape index (κ2) is 7.25. The van der Waals surface area contributed by atoms with Crippen molar-refractivity contribution in [1.29, 1.82) is 0 Å². The molecular formula is C12H19ClN2O. The van der Waals surface area contributed by atoms with E-state index in [1.807, 2.05) is 6.07 Å². The topological polar surface area (TPSA) is 55.1 Å². The zero-order chi connectivity index (χ0) is 11.3. The fourth-order valence-corrected chi connectivity index (χ4v) is 1.43. The summed E-state index contributed by atoms with van der Waals surface area (Å²) in [5.74, 6) is 0.218. The quantitative estimate of drug-likeness (QED) is 0.843. The van der Waals surface area contributed by atoms with E-state index in [0.717, 1.165) is 0 Å². The number of hydrogen-bond acceptors (Lipinski definition) is 2.